The SMILES string of the molecule is O=C(Cc1ccccc1)Nc1nncc2ccccc12. The maximum absolute atomic E-state index is 12.0. The Kier molecular flexibility index (Phi) is 3.37. The second-order valence-corrected chi connectivity index (χ2v) is 4.49. The molecule has 20 heavy (non-hydrogen) atoms. The molecule has 0 spiro atoms. The van der Waals surface area contributed by atoms with E-state index in [1.165, 1.54) is 0 Å². The molecular formula is C16H13N3O. The summed E-state index contributed by atoms with van der Waals surface area (Å²) < 4.78 is 0. The van der Waals surface area contributed by atoms with Crippen molar-refractivity contribution >= 4 is 22.5 Å². The van der Waals surface area contributed by atoms with Crippen LogP contribution in [0.5, 0.6) is 0 Å². The number of carbonyl (C=O) groups excluding carboxylic acids is 1. The molecule has 1 N–H and O–H groups in total. The molecule has 0 radical (unpaired) electrons. The van der Waals surface area contributed by atoms with Gasteiger partial charge in [0.05, 0.1) is 12.6 Å². The second-order valence-electron chi connectivity index (χ2n) is 4.49. The Morgan fingerprint density at radius 3 is 2.60 bits per heavy atom. The van der Waals surface area contributed by atoms with E-state index in [-0.39, 0.29) is 5.91 Å². The van der Waals surface area contributed by atoms with Crippen LogP contribution in [0.3, 0.4) is 0 Å². The van der Waals surface area contributed by atoms with Crippen LogP contribution >= 0.6 is 0 Å². The third-order valence-corrected chi connectivity index (χ3v) is 3.04. The third kappa shape index (κ3) is 2.64. The van der Waals surface area contributed by atoms with Gasteiger partial charge in [0, 0.05) is 10.8 Å². The van der Waals surface area contributed by atoms with Crippen LogP contribution in [0.4, 0.5) is 5.82 Å². The van der Waals surface area contributed by atoms with Crippen LogP contribution in [0.1, 0.15) is 5.56 Å². The van der Waals surface area contributed by atoms with Crippen LogP contribution in [0, 0.1) is 0 Å². The number of amides is 1. The molecule has 1 aromatic heterocycles. The highest BCUT2D eigenvalue weighted by Gasteiger charge is 2.08. The largest absolute Gasteiger partial charge is 0.308 e. The highest BCUT2D eigenvalue weighted by molar-refractivity contribution is 6.00. The first-order valence-corrected chi connectivity index (χ1v) is 6.37. The van der Waals surface area contributed by atoms with Crippen LogP contribution in [0.2, 0.25) is 0 Å². The quantitative estimate of drug-likeness (QED) is 0.790. The van der Waals surface area contributed by atoms with Crippen molar-refractivity contribution in [3.63, 3.8) is 0 Å². The lowest BCUT2D eigenvalue weighted by atomic mass is 10.1. The maximum atomic E-state index is 12.0. The summed E-state index contributed by atoms with van der Waals surface area (Å²) in [5.41, 5.74) is 0.971. The molecule has 0 bridgehead atoms. The minimum atomic E-state index is -0.0955. The number of fused-ring (bicyclic) bond motifs is 1. The van der Waals surface area contributed by atoms with Gasteiger partial charge in [-0.15, -0.1) is 5.10 Å². The minimum Gasteiger partial charge on any atom is -0.308 e. The van der Waals surface area contributed by atoms with Crippen molar-refractivity contribution in [1.29, 1.82) is 0 Å². The van der Waals surface area contributed by atoms with E-state index in [2.05, 4.69) is 15.5 Å². The Morgan fingerprint density at radius 1 is 1.00 bits per heavy atom. The van der Waals surface area contributed by atoms with Gasteiger partial charge >= 0.3 is 0 Å². The fourth-order valence-electron chi connectivity index (χ4n) is 2.08. The molecule has 98 valence electrons. The number of nitrogens with one attached hydrogen (secondary N) is 1. The summed E-state index contributed by atoms with van der Waals surface area (Å²) in [6.07, 6.45) is 2.01. The van der Waals surface area contributed by atoms with Gasteiger partial charge in [-0.05, 0) is 5.56 Å². The van der Waals surface area contributed by atoms with Crippen molar-refractivity contribution in [2.75, 3.05) is 5.32 Å². The predicted molar refractivity (Wildman–Crippen MR) is 78.3 cm³/mol. The summed E-state index contributed by atoms with van der Waals surface area (Å²) in [4.78, 5) is 12.0. The Labute approximate surface area is 116 Å². The number of nitrogens with zero attached hydrogens (tertiary/aromatic N) is 2. The standard InChI is InChI=1S/C16H13N3O/c20-15(10-12-6-2-1-3-7-12)18-16-14-9-5-4-8-13(14)11-17-19-16/h1-9,11H,10H2,(H,18,19,20). The summed E-state index contributed by atoms with van der Waals surface area (Å²) in [6, 6.07) is 17.3. The molecule has 1 heterocycles. The summed E-state index contributed by atoms with van der Waals surface area (Å²) in [5.74, 6) is 0.408. The zero-order valence-corrected chi connectivity index (χ0v) is 10.8. The van der Waals surface area contributed by atoms with E-state index in [0.717, 1.165) is 16.3 Å². The number of carbonyl (C=O) groups is 1. The lowest BCUT2D eigenvalue weighted by Gasteiger charge is -2.06. The van der Waals surface area contributed by atoms with Gasteiger partial charge in [-0.25, -0.2) is 0 Å². The molecule has 0 unspecified atom stereocenters. The van der Waals surface area contributed by atoms with E-state index in [1.54, 1.807) is 6.20 Å². The van der Waals surface area contributed by atoms with E-state index in [9.17, 15) is 4.79 Å². The minimum absolute atomic E-state index is 0.0955. The van der Waals surface area contributed by atoms with Crippen molar-refractivity contribution in [3.05, 3.63) is 66.4 Å². The van der Waals surface area contributed by atoms with Crippen LogP contribution in [-0.2, 0) is 11.2 Å². The fourth-order valence-corrected chi connectivity index (χ4v) is 2.08. The molecule has 1 amide bonds. The van der Waals surface area contributed by atoms with Crippen LogP contribution in [0.25, 0.3) is 10.8 Å². The van der Waals surface area contributed by atoms with Gasteiger partial charge in [0.15, 0.2) is 5.82 Å². The Morgan fingerprint density at radius 2 is 1.75 bits per heavy atom. The average Bonchev–Trinajstić information content (AvgIpc) is 2.48. The van der Waals surface area contributed by atoms with Gasteiger partial charge in [0.1, 0.15) is 0 Å². The molecule has 2 aromatic carbocycles. The number of rotatable bonds is 3. The molecule has 0 aliphatic heterocycles. The monoisotopic (exact) mass is 263 g/mol. The highest BCUT2D eigenvalue weighted by atomic mass is 16.1. The van der Waals surface area contributed by atoms with Gasteiger partial charge < -0.3 is 5.32 Å². The Balaban J connectivity index is 1.81. The Hall–Kier alpha value is -2.75. The van der Waals surface area contributed by atoms with E-state index >= 15 is 0 Å². The fraction of sp³-hybridized carbons (Fsp3) is 0.0625. The van der Waals surface area contributed by atoms with Gasteiger partial charge in [-0.2, -0.15) is 5.10 Å². The summed E-state index contributed by atoms with van der Waals surface area (Å²) >= 11 is 0. The first-order chi connectivity index (χ1) is 9.83. The average molecular weight is 263 g/mol. The van der Waals surface area contributed by atoms with Crippen LogP contribution in [-0.4, -0.2) is 16.1 Å². The molecule has 0 saturated heterocycles. The van der Waals surface area contributed by atoms with E-state index in [4.69, 9.17) is 0 Å². The van der Waals surface area contributed by atoms with Crippen molar-refractivity contribution in [2.24, 2.45) is 0 Å². The van der Waals surface area contributed by atoms with E-state index < -0.39 is 0 Å². The zero-order valence-electron chi connectivity index (χ0n) is 10.8. The van der Waals surface area contributed by atoms with Crippen LogP contribution in [0.15, 0.2) is 60.8 Å². The molecule has 4 heteroatoms. The van der Waals surface area contributed by atoms with Crippen molar-refractivity contribution < 1.29 is 4.79 Å². The summed E-state index contributed by atoms with van der Waals surface area (Å²) in [5, 5.41) is 12.6. The number of hydrogen-bond acceptors (Lipinski definition) is 3. The lowest BCUT2D eigenvalue weighted by molar-refractivity contribution is -0.115. The third-order valence-electron chi connectivity index (χ3n) is 3.04. The molecule has 3 aromatic rings. The van der Waals surface area contributed by atoms with Crippen molar-refractivity contribution in [2.45, 2.75) is 6.42 Å². The molecule has 0 atom stereocenters. The molecule has 0 aliphatic rings. The van der Waals surface area contributed by atoms with Gasteiger partial charge in [0.2, 0.25) is 5.91 Å². The van der Waals surface area contributed by atoms with Gasteiger partial charge in [-0.1, -0.05) is 54.6 Å². The molecule has 0 fully saturated rings. The van der Waals surface area contributed by atoms with Crippen molar-refractivity contribution in [1.82, 2.24) is 10.2 Å². The molecular weight excluding hydrogens is 250 g/mol. The topological polar surface area (TPSA) is 54.9 Å². The molecule has 3 rings (SSSR count). The van der Waals surface area contributed by atoms with Gasteiger partial charge in [-0.3, -0.25) is 4.79 Å². The van der Waals surface area contributed by atoms with E-state index in [1.807, 2.05) is 54.6 Å². The first kappa shape index (κ1) is 12.3. The zero-order chi connectivity index (χ0) is 13.8. The normalized spacial score (nSPS) is 10.4. The maximum Gasteiger partial charge on any atom is 0.230 e. The van der Waals surface area contributed by atoms with E-state index in [0.29, 0.717) is 12.2 Å². The highest BCUT2D eigenvalue weighted by Crippen LogP contribution is 2.19. The lowest BCUT2D eigenvalue weighted by Crippen LogP contribution is -2.15. The molecule has 4 nitrogen and oxygen atoms in total. The predicted octanol–water partition coefficient (Wildman–Crippen LogP) is 2.81. The van der Waals surface area contributed by atoms with Crippen LogP contribution < -0.4 is 5.32 Å². The number of anilines is 1. The summed E-state index contributed by atoms with van der Waals surface area (Å²) in [7, 11) is 0. The van der Waals surface area contributed by atoms with Gasteiger partial charge in [0.25, 0.3) is 0 Å². The second kappa shape index (κ2) is 5.48. The summed E-state index contributed by atoms with van der Waals surface area (Å²) in [6.45, 7) is 0. The smallest absolute Gasteiger partial charge is 0.230 e. The number of benzene rings is 2. The molecule has 0 aliphatic carbocycles. The molecule has 0 saturated carbocycles. The number of hydrogen-bond donors (Lipinski definition) is 1. The first-order valence-electron chi connectivity index (χ1n) is 6.37. The Bertz CT molecular complexity index is 736. The van der Waals surface area contributed by atoms with Crippen molar-refractivity contribution in [3.8, 4) is 0 Å². The number of aromatic nitrogens is 2.